The molecule has 1 saturated heterocycles. The van der Waals surface area contributed by atoms with Gasteiger partial charge in [-0.25, -0.2) is 0 Å². The van der Waals surface area contributed by atoms with Crippen molar-refractivity contribution in [2.24, 2.45) is 0 Å². The van der Waals surface area contributed by atoms with E-state index in [1.165, 1.54) is 12.8 Å². The first kappa shape index (κ1) is 13.1. The first-order valence-electron chi connectivity index (χ1n) is 6.83. The fourth-order valence-electron chi connectivity index (χ4n) is 2.25. The first-order valence-corrected chi connectivity index (χ1v) is 6.83. The predicted octanol–water partition coefficient (Wildman–Crippen LogP) is 2.72. The summed E-state index contributed by atoms with van der Waals surface area (Å²) in [5, 5.41) is 7.16. The zero-order valence-electron chi connectivity index (χ0n) is 11.6. The summed E-state index contributed by atoms with van der Waals surface area (Å²) in [6, 6.07) is 1.90. The van der Waals surface area contributed by atoms with Crippen LogP contribution in [-0.2, 0) is 5.41 Å². The molecular formula is C14H23N3O. The third-order valence-electron chi connectivity index (χ3n) is 3.50. The van der Waals surface area contributed by atoms with E-state index in [4.69, 9.17) is 0 Å². The van der Waals surface area contributed by atoms with E-state index in [2.05, 4.69) is 31.0 Å². The van der Waals surface area contributed by atoms with Gasteiger partial charge in [0.15, 0.2) is 0 Å². The lowest BCUT2D eigenvalue weighted by atomic mass is 9.92. The van der Waals surface area contributed by atoms with Crippen LogP contribution in [0.1, 0.15) is 62.6 Å². The van der Waals surface area contributed by atoms with Gasteiger partial charge in [0.25, 0.3) is 5.91 Å². The lowest BCUT2D eigenvalue weighted by Crippen LogP contribution is -2.32. The number of aromatic nitrogens is 2. The van der Waals surface area contributed by atoms with Gasteiger partial charge in [0, 0.05) is 24.2 Å². The maximum atomic E-state index is 12.3. The summed E-state index contributed by atoms with van der Waals surface area (Å²) < 4.78 is 0. The topological polar surface area (TPSA) is 49.0 Å². The van der Waals surface area contributed by atoms with Crippen molar-refractivity contribution in [1.82, 2.24) is 15.1 Å². The van der Waals surface area contributed by atoms with Crippen LogP contribution in [0.3, 0.4) is 0 Å². The Morgan fingerprint density at radius 2 is 1.83 bits per heavy atom. The Hall–Kier alpha value is -1.32. The lowest BCUT2D eigenvalue weighted by molar-refractivity contribution is 0.0755. The van der Waals surface area contributed by atoms with E-state index >= 15 is 0 Å². The van der Waals surface area contributed by atoms with Gasteiger partial charge in [0.2, 0.25) is 0 Å². The summed E-state index contributed by atoms with van der Waals surface area (Å²) in [5.74, 6) is 0.0728. The molecule has 1 aromatic rings. The van der Waals surface area contributed by atoms with Gasteiger partial charge >= 0.3 is 0 Å². The molecule has 0 aliphatic carbocycles. The molecular weight excluding hydrogens is 226 g/mol. The lowest BCUT2D eigenvalue weighted by Gasteiger charge is -2.18. The Kier molecular flexibility index (Phi) is 3.73. The number of rotatable bonds is 1. The molecule has 1 amide bonds. The zero-order chi connectivity index (χ0) is 13.2. The fourth-order valence-corrected chi connectivity index (χ4v) is 2.25. The first-order chi connectivity index (χ1) is 8.48. The van der Waals surface area contributed by atoms with Crippen LogP contribution < -0.4 is 0 Å². The van der Waals surface area contributed by atoms with Gasteiger partial charge < -0.3 is 4.90 Å². The van der Waals surface area contributed by atoms with Crippen molar-refractivity contribution < 1.29 is 4.79 Å². The molecule has 1 aliphatic rings. The Morgan fingerprint density at radius 1 is 1.22 bits per heavy atom. The Balaban J connectivity index is 2.10. The maximum Gasteiger partial charge on any atom is 0.274 e. The SMILES string of the molecule is CC(C)(C)c1cc(C(=O)N2CCCCCC2)n[nH]1. The van der Waals surface area contributed by atoms with Crippen LogP contribution >= 0.6 is 0 Å². The fraction of sp³-hybridized carbons (Fsp3) is 0.714. The van der Waals surface area contributed by atoms with E-state index in [-0.39, 0.29) is 11.3 Å². The van der Waals surface area contributed by atoms with E-state index in [9.17, 15) is 4.79 Å². The molecule has 0 unspecified atom stereocenters. The highest BCUT2D eigenvalue weighted by atomic mass is 16.2. The van der Waals surface area contributed by atoms with Crippen LogP contribution in [0.15, 0.2) is 6.07 Å². The summed E-state index contributed by atoms with van der Waals surface area (Å²) in [6.07, 6.45) is 4.69. The molecule has 1 aromatic heterocycles. The smallest absolute Gasteiger partial charge is 0.274 e. The summed E-state index contributed by atoms with van der Waals surface area (Å²) in [4.78, 5) is 14.3. The molecule has 1 N–H and O–H groups in total. The van der Waals surface area contributed by atoms with Gasteiger partial charge in [0.1, 0.15) is 5.69 Å². The highest BCUT2D eigenvalue weighted by Gasteiger charge is 2.23. The number of amides is 1. The van der Waals surface area contributed by atoms with Gasteiger partial charge in [-0.1, -0.05) is 33.6 Å². The van der Waals surface area contributed by atoms with E-state index in [0.717, 1.165) is 31.6 Å². The molecule has 2 rings (SSSR count). The van der Waals surface area contributed by atoms with Crippen molar-refractivity contribution in [2.75, 3.05) is 13.1 Å². The van der Waals surface area contributed by atoms with Crippen molar-refractivity contribution >= 4 is 5.91 Å². The van der Waals surface area contributed by atoms with Crippen LogP contribution in [0.2, 0.25) is 0 Å². The third-order valence-corrected chi connectivity index (χ3v) is 3.50. The summed E-state index contributed by atoms with van der Waals surface area (Å²) in [7, 11) is 0. The maximum absolute atomic E-state index is 12.3. The molecule has 0 radical (unpaired) electrons. The van der Waals surface area contributed by atoms with Crippen molar-refractivity contribution in [3.8, 4) is 0 Å². The van der Waals surface area contributed by atoms with Gasteiger partial charge in [0.05, 0.1) is 0 Å². The molecule has 2 heterocycles. The minimum atomic E-state index is 0.00428. The second-order valence-corrected chi connectivity index (χ2v) is 6.12. The molecule has 0 saturated carbocycles. The van der Waals surface area contributed by atoms with Crippen LogP contribution in [0.4, 0.5) is 0 Å². The standard InChI is InChI=1S/C14H23N3O/c1-14(2,3)12-10-11(15-16-12)13(18)17-8-6-4-5-7-9-17/h10H,4-9H2,1-3H3,(H,15,16). The van der Waals surface area contributed by atoms with Crippen molar-refractivity contribution in [3.05, 3.63) is 17.5 Å². The quantitative estimate of drug-likeness (QED) is 0.832. The van der Waals surface area contributed by atoms with E-state index in [1.807, 2.05) is 11.0 Å². The summed E-state index contributed by atoms with van der Waals surface area (Å²) in [6.45, 7) is 8.08. The van der Waals surface area contributed by atoms with E-state index in [1.54, 1.807) is 0 Å². The van der Waals surface area contributed by atoms with Gasteiger partial charge in [-0.2, -0.15) is 5.10 Å². The van der Waals surface area contributed by atoms with E-state index < -0.39 is 0 Å². The Bertz CT molecular complexity index is 409. The van der Waals surface area contributed by atoms with Crippen LogP contribution in [0, 0.1) is 0 Å². The number of hydrogen-bond donors (Lipinski definition) is 1. The number of H-pyrrole nitrogens is 1. The van der Waals surface area contributed by atoms with Crippen LogP contribution in [0.25, 0.3) is 0 Å². The Morgan fingerprint density at radius 3 is 2.33 bits per heavy atom. The average molecular weight is 249 g/mol. The van der Waals surface area contributed by atoms with Crippen LogP contribution in [0.5, 0.6) is 0 Å². The monoisotopic (exact) mass is 249 g/mol. The number of aromatic amines is 1. The second kappa shape index (κ2) is 5.12. The molecule has 4 nitrogen and oxygen atoms in total. The van der Waals surface area contributed by atoms with Crippen molar-refractivity contribution in [3.63, 3.8) is 0 Å². The largest absolute Gasteiger partial charge is 0.337 e. The zero-order valence-corrected chi connectivity index (χ0v) is 11.6. The van der Waals surface area contributed by atoms with Gasteiger partial charge in [-0.3, -0.25) is 9.89 Å². The number of nitrogens with zero attached hydrogens (tertiary/aromatic N) is 2. The number of nitrogens with one attached hydrogen (secondary N) is 1. The molecule has 4 heteroatoms. The molecule has 0 bridgehead atoms. The van der Waals surface area contributed by atoms with Gasteiger partial charge in [-0.05, 0) is 18.9 Å². The molecule has 18 heavy (non-hydrogen) atoms. The number of carbonyl (C=O) groups excluding carboxylic acids is 1. The van der Waals surface area contributed by atoms with Crippen LogP contribution in [-0.4, -0.2) is 34.1 Å². The molecule has 100 valence electrons. The number of hydrogen-bond acceptors (Lipinski definition) is 2. The summed E-state index contributed by atoms with van der Waals surface area (Å²) in [5.41, 5.74) is 1.58. The third kappa shape index (κ3) is 2.92. The van der Waals surface area contributed by atoms with Gasteiger partial charge in [-0.15, -0.1) is 0 Å². The molecule has 1 aliphatic heterocycles. The highest BCUT2D eigenvalue weighted by Crippen LogP contribution is 2.21. The van der Waals surface area contributed by atoms with Crippen molar-refractivity contribution in [1.29, 1.82) is 0 Å². The second-order valence-electron chi connectivity index (χ2n) is 6.12. The minimum absolute atomic E-state index is 0.00428. The molecule has 0 atom stereocenters. The Labute approximate surface area is 109 Å². The molecule has 1 fully saturated rings. The number of carbonyl (C=O) groups is 1. The van der Waals surface area contributed by atoms with E-state index in [0.29, 0.717) is 5.69 Å². The van der Waals surface area contributed by atoms with Crippen molar-refractivity contribution in [2.45, 2.75) is 51.9 Å². The molecule has 0 aromatic carbocycles. The predicted molar refractivity (Wildman–Crippen MR) is 71.7 cm³/mol. The highest BCUT2D eigenvalue weighted by molar-refractivity contribution is 5.92. The summed E-state index contributed by atoms with van der Waals surface area (Å²) >= 11 is 0. The average Bonchev–Trinajstić information content (AvgIpc) is 2.65. The normalized spacial score (nSPS) is 17.6. The number of likely N-dealkylation sites (tertiary alicyclic amines) is 1. The minimum Gasteiger partial charge on any atom is -0.337 e. The molecule has 0 spiro atoms.